The maximum Gasteiger partial charge on any atom is 0.256 e. The number of hydrogen-bond donors (Lipinski definition) is 2. The number of amides is 1. The Morgan fingerprint density at radius 3 is 2.37 bits per heavy atom. The van der Waals surface area contributed by atoms with Crippen molar-refractivity contribution in [1.82, 2.24) is 4.57 Å². The van der Waals surface area contributed by atoms with E-state index in [4.69, 9.17) is 9.47 Å². The van der Waals surface area contributed by atoms with Gasteiger partial charge in [0.15, 0.2) is 11.5 Å². The monoisotopic (exact) mass is 479 g/mol. The Kier molecular flexibility index (Phi) is 6.96. The number of hydrogen-bond acceptors (Lipinski definition) is 5. The van der Waals surface area contributed by atoms with Gasteiger partial charge >= 0.3 is 0 Å². The molecule has 1 amide bonds. The molecule has 0 spiro atoms. The molecule has 0 radical (unpaired) electrons. The van der Waals surface area contributed by atoms with Crippen molar-refractivity contribution >= 4 is 28.2 Å². The van der Waals surface area contributed by atoms with Gasteiger partial charge < -0.3 is 20.1 Å². The Balaban J connectivity index is 1.74. The van der Waals surface area contributed by atoms with E-state index < -0.39 is 29.6 Å². The van der Waals surface area contributed by atoms with E-state index in [9.17, 15) is 18.4 Å². The van der Waals surface area contributed by atoms with E-state index in [1.165, 1.54) is 18.8 Å². The van der Waals surface area contributed by atoms with Crippen LogP contribution in [0.25, 0.3) is 10.9 Å². The average Bonchev–Trinajstić information content (AvgIpc) is 2.86. The second kappa shape index (κ2) is 10.3. The summed E-state index contributed by atoms with van der Waals surface area (Å²) in [5, 5.41) is 6.16. The number of anilines is 2. The van der Waals surface area contributed by atoms with Gasteiger partial charge in [-0.2, -0.15) is 0 Å². The van der Waals surface area contributed by atoms with Crippen LogP contribution in [-0.2, 0) is 17.9 Å². The quantitative estimate of drug-likeness (QED) is 0.388. The normalized spacial score (nSPS) is 10.7. The van der Waals surface area contributed by atoms with Crippen LogP contribution in [0, 0.1) is 11.6 Å². The molecule has 0 fully saturated rings. The number of carbonyl (C=O) groups excluding carboxylic acids is 1. The highest BCUT2D eigenvalue weighted by Crippen LogP contribution is 2.32. The minimum Gasteiger partial charge on any atom is -0.493 e. The molecule has 0 saturated heterocycles. The number of halogens is 2. The Hall–Kier alpha value is -4.40. The summed E-state index contributed by atoms with van der Waals surface area (Å²) in [6.07, 6.45) is 0. The van der Waals surface area contributed by atoms with Crippen LogP contribution < -0.4 is 25.7 Å². The lowest BCUT2D eigenvalue weighted by Gasteiger charge is -2.16. The number of methoxy groups -OCH3 is 2. The van der Waals surface area contributed by atoms with Gasteiger partial charge in [0.25, 0.3) is 5.56 Å². The Morgan fingerprint density at radius 2 is 1.66 bits per heavy atom. The van der Waals surface area contributed by atoms with E-state index in [-0.39, 0.29) is 12.2 Å². The van der Waals surface area contributed by atoms with Crippen molar-refractivity contribution in [3.63, 3.8) is 0 Å². The third kappa shape index (κ3) is 5.24. The number of para-hydroxylation sites is 1. The Morgan fingerprint density at radius 1 is 0.943 bits per heavy atom. The summed E-state index contributed by atoms with van der Waals surface area (Å²) in [4.78, 5) is 26.2. The number of nitrogens with one attached hydrogen (secondary N) is 2. The van der Waals surface area contributed by atoms with E-state index in [1.54, 1.807) is 18.2 Å². The van der Waals surface area contributed by atoms with Crippen LogP contribution in [0.1, 0.15) is 5.56 Å². The van der Waals surface area contributed by atoms with Crippen LogP contribution in [0.5, 0.6) is 11.5 Å². The molecule has 3 aromatic carbocycles. The topological polar surface area (TPSA) is 81.6 Å². The van der Waals surface area contributed by atoms with Gasteiger partial charge in [-0.3, -0.25) is 14.2 Å². The molecule has 0 aliphatic rings. The summed E-state index contributed by atoms with van der Waals surface area (Å²) in [5.74, 6) is -1.35. The van der Waals surface area contributed by atoms with Gasteiger partial charge in [-0.1, -0.05) is 18.2 Å². The van der Waals surface area contributed by atoms with Crippen molar-refractivity contribution in [2.24, 2.45) is 0 Å². The molecule has 0 atom stereocenters. The molecule has 0 unspecified atom stereocenters. The number of rotatable bonds is 8. The van der Waals surface area contributed by atoms with Crippen molar-refractivity contribution < 1.29 is 23.0 Å². The van der Waals surface area contributed by atoms with Crippen LogP contribution in [0.3, 0.4) is 0 Å². The van der Waals surface area contributed by atoms with Crippen LogP contribution in [-0.4, -0.2) is 24.7 Å². The highest BCUT2D eigenvalue weighted by atomic mass is 19.1. The predicted octanol–water partition coefficient (Wildman–Crippen LogP) is 4.55. The smallest absolute Gasteiger partial charge is 0.256 e. The lowest BCUT2D eigenvalue weighted by molar-refractivity contribution is -0.116. The molecule has 1 heterocycles. The average molecular weight is 479 g/mol. The molecule has 4 aromatic rings. The molecule has 0 saturated carbocycles. The first-order valence-electron chi connectivity index (χ1n) is 10.7. The lowest BCUT2D eigenvalue weighted by atomic mass is 10.1. The van der Waals surface area contributed by atoms with E-state index in [2.05, 4.69) is 10.6 Å². The highest BCUT2D eigenvalue weighted by molar-refractivity contribution is 5.92. The summed E-state index contributed by atoms with van der Waals surface area (Å²) < 4.78 is 39.6. The first-order chi connectivity index (χ1) is 16.9. The number of carbonyl (C=O) groups is 1. The van der Waals surface area contributed by atoms with E-state index in [1.807, 2.05) is 30.3 Å². The van der Waals surface area contributed by atoms with Crippen molar-refractivity contribution in [1.29, 1.82) is 0 Å². The zero-order valence-electron chi connectivity index (χ0n) is 19.1. The minimum atomic E-state index is -0.788. The summed E-state index contributed by atoms with van der Waals surface area (Å²) in [6.45, 7) is -0.229. The first-order valence-corrected chi connectivity index (χ1v) is 10.7. The van der Waals surface area contributed by atoms with Crippen LogP contribution in [0.2, 0.25) is 0 Å². The Labute approximate surface area is 199 Å². The fourth-order valence-corrected chi connectivity index (χ4v) is 3.73. The third-order valence-electron chi connectivity index (χ3n) is 5.43. The van der Waals surface area contributed by atoms with Gasteiger partial charge in [0.2, 0.25) is 5.91 Å². The number of nitrogens with zero attached hydrogens (tertiary/aromatic N) is 1. The van der Waals surface area contributed by atoms with Gasteiger partial charge in [0, 0.05) is 35.3 Å². The first kappa shape index (κ1) is 23.7. The lowest BCUT2D eigenvalue weighted by Crippen LogP contribution is -2.31. The van der Waals surface area contributed by atoms with Crippen molar-refractivity contribution in [2.45, 2.75) is 13.1 Å². The number of benzene rings is 3. The van der Waals surface area contributed by atoms with Gasteiger partial charge in [-0.05, 0) is 36.4 Å². The van der Waals surface area contributed by atoms with Crippen LogP contribution >= 0.6 is 0 Å². The van der Waals surface area contributed by atoms with Crippen molar-refractivity contribution in [2.75, 3.05) is 24.9 Å². The Bertz CT molecular complexity index is 1440. The molecule has 1 aromatic heterocycles. The minimum absolute atomic E-state index is 0.202. The fraction of sp³-hybridized carbons (Fsp3) is 0.154. The molecule has 7 nitrogen and oxygen atoms in total. The van der Waals surface area contributed by atoms with Gasteiger partial charge in [0.1, 0.15) is 18.2 Å². The van der Waals surface area contributed by atoms with Crippen LogP contribution in [0.4, 0.5) is 20.2 Å². The molecule has 0 aliphatic heterocycles. The number of fused-ring (bicyclic) bond motifs is 1. The van der Waals surface area contributed by atoms with Gasteiger partial charge in [-0.15, -0.1) is 0 Å². The standard InChI is InChI=1S/C26H23F2N3O4/c1-34-23-11-16-10-17(14-29-19-6-4-3-5-7-19)26(33)31(22(16)13-24(23)35-2)15-25(32)30-21-12-18(27)8-9-20(21)28/h3-13,29H,14-15H2,1-2H3,(H,30,32). The summed E-state index contributed by atoms with van der Waals surface area (Å²) in [5.41, 5.74) is 0.922. The fourth-order valence-electron chi connectivity index (χ4n) is 3.73. The summed E-state index contributed by atoms with van der Waals surface area (Å²) in [6, 6.07) is 17.1. The van der Waals surface area contributed by atoms with Gasteiger partial charge in [0.05, 0.1) is 25.4 Å². The zero-order chi connectivity index (χ0) is 24.9. The second-order valence-electron chi connectivity index (χ2n) is 7.72. The number of pyridine rings is 1. The van der Waals surface area contributed by atoms with Crippen molar-refractivity contribution in [3.8, 4) is 11.5 Å². The highest BCUT2D eigenvalue weighted by Gasteiger charge is 2.17. The molecular weight excluding hydrogens is 456 g/mol. The second-order valence-corrected chi connectivity index (χ2v) is 7.72. The summed E-state index contributed by atoms with van der Waals surface area (Å²) >= 11 is 0. The molecule has 0 bridgehead atoms. The summed E-state index contributed by atoms with van der Waals surface area (Å²) in [7, 11) is 2.96. The maximum atomic E-state index is 14.0. The maximum absolute atomic E-state index is 14.0. The van der Waals surface area contributed by atoms with E-state index >= 15 is 0 Å². The number of ether oxygens (including phenoxy) is 2. The SMILES string of the molecule is COc1cc2cc(CNc3ccccc3)c(=O)n(CC(=O)Nc3cc(F)ccc3F)c2cc1OC. The third-order valence-corrected chi connectivity index (χ3v) is 5.43. The number of aromatic nitrogens is 1. The largest absolute Gasteiger partial charge is 0.493 e. The molecule has 4 rings (SSSR count). The van der Waals surface area contributed by atoms with E-state index in [0.717, 1.165) is 23.9 Å². The van der Waals surface area contributed by atoms with Crippen molar-refractivity contribution in [3.05, 3.63) is 94.3 Å². The van der Waals surface area contributed by atoms with E-state index in [0.29, 0.717) is 28.0 Å². The predicted molar refractivity (Wildman–Crippen MR) is 130 cm³/mol. The molecule has 0 aliphatic carbocycles. The molecule has 180 valence electrons. The molecular formula is C26H23F2N3O4. The molecule has 2 N–H and O–H groups in total. The van der Waals surface area contributed by atoms with Crippen LogP contribution in [0.15, 0.2) is 71.5 Å². The molecule has 9 heteroatoms. The molecule has 35 heavy (non-hydrogen) atoms. The van der Waals surface area contributed by atoms with Gasteiger partial charge in [-0.25, -0.2) is 8.78 Å². The zero-order valence-corrected chi connectivity index (χ0v) is 19.1.